The van der Waals surface area contributed by atoms with Crippen LogP contribution in [0.5, 0.6) is 0 Å². The third kappa shape index (κ3) is 1.75. The van der Waals surface area contributed by atoms with Gasteiger partial charge in [0.1, 0.15) is 4.99 Å². The van der Waals surface area contributed by atoms with Gasteiger partial charge in [0.2, 0.25) is 5.95 Å². The molecule has 0 amide bonds. The van der Waals surface area contributed by atoms with Crippen molar-refractivity contribution >= 4 is 23.2 Å². The quantitative estimate of drug-likeness (QED) is 0.714. The molecule has 0 aromatic carbocycles. The smallest absolute Gasteiger partial charge is 0.205 e. The number of aromatic nitrogens is 2. The molecule has 5 heteroatoms. The predicted octanol–water partition coefficient (Wildman–Crippen LogP) is 1.79. The summed E-state index contributed by atoms with van der Waals surface area (Å²) in [5.41, 5.74) is 0. The Kier molecular flexibility index (Phi) is 2.09. The van der Waals surface area contributed by atoms with Crippen LogP contribution < -0.4 is 5.32 Å². The zero-order chi connectivity index (χ0) is 9.10. The van der Waals surface area contributed by atoms with Crippen LogP contribution in [0.1, 0.15) is 5.76 Å². The molecule has 0 aliphatic heterocycles. The molecule has 0 aliphatic rings. The highest BCUT2D eigenvalue weighted by Crippen LogP contribution is 2.05. The van der Waals surface area contributed by atoms with Crippen molar-refractivity contribution in [1.82, 2.24) is 9.97 Å². The van der Waals surface area contributed by atoms with Crippen LogP contribution in [0.2, 0.25) is 0 Å². The maximum Gasteiger partial charge on any atom is 0.205 e. The molecule has 4 nitrogen and oxygen atoms in total. The average Bonchev–Trinajstić information content (AvgIpc) is 2.74. The largest absolute Gasteiger partial charge is 0.462 e. The summed E-state index contributed by atoms with van der Waals surface area (Å²) in [7, 11) is 0. The molecule has 2 N–H and O–H groups in total. The van der Waals surface area contributed by atoms with Crippen LogP contribution in [0.4, 0.5) is 5.95 Å². The van der Waals surface area contributed by atoms with Crippen LogP contribution in [0, 0.1) is 0 Å². The van der Waals surface area contributed by atoms with Crippen molar-refractivity contribution in [1.29, 1.82) is 0 Å². The van der Waals surface area contributed by atoms with Crippen LogP contribution in [-0.2, 0) is 0 Å². The van der Waals surface area contributed by atoms with Crippen molar-refractivity contribution in [3.05, 3.63) is 36.5 Å². The van der Waals surface area contributed by atoms with Gasteiger partial charge in [-0.3, -0.25) is 0 Å². The predicted molar refractivity (Wildman–Crippen MR) is 52.6 cm³/mol. The van der Waals surface area contributed by atoms with Gasteiger partial charge in [-0.05, 0) is 12.1 Å². The van der Waals surface area contributed by atoms with E-state index in [1.807, 2.05) is 0 Å². The van der Waals surface area contributed by atoms with Crippen molar-refractivity contribution in [2.75, 3.05) is 5.32 Å². The minimum Gasteiger partial charge on any atom is -0.462 e. The number of imidazole rings is 1. The van der Waals surface area contributed by atoms with E-state index in [9.17, 15) is 0 Å². The van der Waals surface area contributed by atoms with Gasteiger partial charge >= 0.3 is 0 Å². The second kappa shape index (κ2) is 3.40. The Bertz CT molecular complexity index is 379. The fraction of sp³-hybridized carbons (Fsp3) is 0. The Morgan fingerprint density at radius 2 is 2.54 bits per heavy atom. The summed E-state index contributed by atoms with van der Waals surface area (Å²) in [4.78, 5) is 7.36. The maximum absolute atomic E-state index is 5.10. The second-order valence-electron chi connectivity index (χ2n) is 2.37. The number of hydrogen-bond donors (Lipinski definition) is 2. The Morgan fingerprint density at radius 1 is 1.62 bits per heavy atom. The minimum absolute atomic E-state index is 0.514. The summed E-state index contributed by atoms with van der Waals surface area (Å²) in [6.45, 7) is 0. The molecule has 0 bridgehead atoms. The summed E-state index contributed by atoms with van der Waals surface area (Å²) in [6, 6.07) is 3.57. The molecular formula is C8H7N3OS. The van der Waals surface area contributed by atoms with Crippen LogP contribution in [-0.4, -0.2) is 15.0 Å². The number of aromatic amines is 1. The molecule has 0 aliphatic carbocycles. The summed E-state index contributed by atoms with van der Waals surface area (Å²) < 4.78 is 5.10. The van der Waals surface area contributed by atoms with Crippen molar-refractivity contribution in [2.24, 2.45) is 0 Å². The summed E-state index contributed by atoms with van der Waals surface area (Å²) in [6.07, 6.45) is 4.94. The standard InChI is InChI=1S/C8H7N3OS/c13-7(6-2-1-5-12-6)11-8-9-3-4-10-8/h1-5H,(H2,9,10,11,13). The lowest BCUT2D eigenvalue weighted by Gasteiger charge is -1.99. The van der Waals surface area contributed by atoms with Crippen molar-refractivity contribution < 1.29 is 4.42 Å². The molecule has 0 unspecified atom stereocenters. The number of anilines is 1. The van der Waals surface area contributed by atoms with Crippen molar-refractivity contribution in [3.8, 4) is 0 Å². The van der Waals surface area contributed by atoms with E-state index in [4.69, 9.17) is 16.6 Å². The Balaban J connectivity index is 2.08. The first kappa shape index (κ1) is 8.00. The van der Waals surface area contributed by atoms with Crippen molar-refractivity contribution in [2.45, 2.75) is 0 Å². The van der Waals surface area contributed by atoms with E-state index in [-0.39, 0.29) is 0 Å². The first-order chi connectivity index (χ1) is 6.36. The topological polar surface area (TPSA) is 53.9 Å². The highest BCUT2D eigenvalue weighted by Gasteiger charge is 2.04. The normalized spacial score (nSPS) is 9.85. The number of H-pyrrole nitrogens is 1. The van der Waals surface area contributed by atoms with Gasteiger partial charge in [-0.2, -0.15) is 0 Å². The van der Waals surface area contributed by atoms with Crippen molar-refractivity contribution in [3.63, 3.8) is 0 Å². The number of hydrogen-bond acceptors (Lipinski definition) is 3. The highest BCUT2D eigenvalue weighted by molar-refractivity contribution is 7.81. The maximum atomic E-state index is 5.10. The first-order valence-corrected chi connectivity index (χ1v) is 4.11. The molecule has 0 fully saturated rings. The number of nitrogens with zero attached hydrogens (tertiary/aromatic N) is 1. The van der Waals surface area contributed by atoms with Gasteiger partial charge in [0.05, 0.1) is 6.26 Å². The Hall–Kier alpha value is -1.62. The third-order valence-electron chi connectivity index (χ3n) is 1.48. The molecule has 13 heavy (non-hydrogen) atoms. The van der Waals surface area contributed by atoms with Gasteiger partial charge in [0.15, 0.2) is 5.76 Å². The molecule has 2 aromatic heterocycles. The van der Waals surface area contributed by atoms with E-state index in [2.05, 4.69) is 15.3 Å². The fourth-order valence-electron chi connectivity index (χ4n) is 0.911. The van der Waals surface area contributed by atoms with E-state index in [1.54, 1.807) is 30.8 Å². The molecule has 0 saturated heterocycles. The number of nitrogens with one attached hydrogen (secondary N) is 2. The number of thiocarbonyl (C=S) groups is 1. The zero-order valence-corrected chi connectivity index (χ0v) is 7.47. The third-order valence-corrected chi connectivity index (χ3v) is 1.78. The van der Waals surface area contributed by atoms with Gasteiger partial charge in [-0.15, -0.1) is 0 Å². The van der Waals surface area contributed by atoms with Crippen LogP contribution in [0.15, 0.2) is 35.2 Å². The molecule has 0 saturated carbocycles. The van der Waals surface area contributed by atoms with Crippen LogP contribution in [0.25, 0.3) is 0 Å². The lowest BCUT2D eigenvalue weighted by molar-refractivity contribution is 0.559. The highest BCUT2D eigenvalue weighted by atomic mass is 32.1. The molecule has 2 rings (SSSR count). The molecule has 0 spiro atoms. The minimum atomic E-state index is 0.514. The number of rotatable bonds is 2. The SMILES string of the molecule is S=C(Nc1ncc[nH]1)c1ccco1. The van der Waals surface area contributed by atoms with E-state index >= 15 is 0 Å². The first-order valence-electron chi connectivity index (χ1n) is 3.70. The Labute approximate surface area is 80.0 Å². The van der Waals surface area contributed by atoms with E-state index in [0.29, 0.717) is 16.7 Å². The summed E-state index contributed by atoms with van der Waals surface area (Å²) >= 11 is 5.06. The Morgan fingerprint density at radius 3 is 3.15 bits per heavy atom. The van der Waals surface area contributed by atoms with Gasteiger partial charge in [0.25, 0.3) is 0 Å². The lowest BCUT2D eigenvalue weighted by atomic mass is 10.4. The van der Waals surface area contributed by atoms with Gasteiger partial charge in [-0.25, -0.2) is 4.98 Å². The number of furan rings is 1. The van der Waals surface area contributed by atoms with Gasteiger partial charge in [0, 0.05) is 12.4 Å². The van der Waals surface area contributed by atoms with E-state index in [0.717, 1.165) is 0 Å². The molecule has 66 valence electrons. The molecule has 2 heterocycles. The molecule has 2 aromatic rings. The van der Waals surface area contributed by atoms with Gasteiger partial charge in [-0.1, -0.05) is 12.2 Å². The molecular weight excluding hydrogens is 186 g/mol. The summed E-state index contributed by atoms with van der Waals surface area (Å²) in [5, 5.41) is 2.90. The van der Waals surface area contributed by atoms with Crippen LogP contribution >= 0.6 is 12.2 Å². The monoisotopic (exact) mass is 193 g/mol. The second-order valence-corrected chi connectivity index (χ2v) is 2.78. The van der Waals surface area contributed by atoms with E-state index < -0.39 is 0 Å². The van der Waals surface area contributed by atoms with Crippen LogP contribution in [0.3, 0.4) is 0 Å². The van der Waals surface area contributed by atoms with Gasteiger partial charge < -0.3 is 14.7 Å². The molecule has 0 atom stereocenters. The van der Waals surface area contributed by atoms with E-state index in [1.165, 1.54) is 0 Å². The lowest BCUT2D eigenvalue weighted by Crippen LogP contribution is -2.10. The fourth-order valence-corrected chi connectivity index (χ4v) is 1.12. The average molecular weight is 193 g/mol. The summed E-state index contributed by atoms with van der Waals surface area (Å²) in [5.74, 6) is 1.24. The zero-order valence-electron chi connectivity index (χ0n) is 6.65. The molecule has 0 radical (unpaired) electrons.